The van der Waals surface area contributed by atoms with Crippen molar-refractivity contribution < 1.29 is 5.11 Å². The van der Waals surface area contributed by atoms with Crippen molar-refractivity contribution >= 4 is 23.1 Å². The van der Waals surface area contributed by atoms with E-state index in [9.17, 15) is 0 Å². The predicted molar refractivity (Wildman–Crippen MR) is 59.8 cm³/mol. The second-order valence-corrected chi connectivity index (χ2v) is 4.88. The maximum Gasteiger partial charge on any atom is 0.174 e. The summed E-state index contributed by atoms with van der Waals surface area (Å²) >= 11 is 3.24. The molecule has 2 N–H and O–H groups in total. The second-order valence-electron chi connectivity index (χ2n) is 2.78. The fraction of sp³-hybridized carbons (Fsp3) is 0.750. The Morgan fingerprint density at radius 1 is 1.71 bits per heavy atom. The number of aliphatic hydroxyl groups excluding tert-OH is 1. The molecule has 0 radical (unpaired) electrons. The summed E-state index contributed by atoms with van der Waals surface area (Å²) in [5, 5.41) is 19.9. The van der Waals surface area contributed by atoms with Crippen molar-refractivity contribution in [2.75, 3.05) is 18.9 Å². The van der Waals surface area contributed by atoms with Gasteiger partial charge < -0.3 is 10.4 Å². The van der Waals surface area contributed by atoms with Crippen LogP contribution in [0.3, 0.4) is 0 Å². The molecule has 0 amide bonds. The minimum atomic E-state index is 0.231. The summed E-state index contributed by atoms with van der Waals surface area (Å²) in [6, 6.07) is 0.360. The number of nitrogens with one attached hydrogen (secondary N) is 1. The molecular formula is C8H15N3OS2. The minimum Gasteiger partial charge on any atom is -0.396 e. The van der Waals surface area contributed by atoms with Crippen LogP contribution < -0.4 is 5.32 Å². The third-order valence-corrected chi connectivity index (χ3v) is 3.74. The first-order valence-electron chi connectivity index (χ1n) is 4.60. The van der Waals surface area contributed by atoms with Gasteiger partial charge in [-0.15, -0.1) is 10.2 Å². The monoisotopic (exact) mass is 233 g/mol. The number of aromatic nitrogens is 2. The molecule has 4 nitrogen and oxygen atoms in total. The number of hydrogen-bond donors (Lipinski definition) is 2. The Morgan fingerprint density at radius 2 is 2.57 bits per heavy atom. The van der Waals surface area contributed by atoms with E-state index in [-0.39, 0.29) is 6.61 Å². The molecule has 0 aliphatic rings. The van der Waals surface area contributed by atoms with E-state index in [2.05, 4.69) is 22.4 Å². The van der Waals surface area contributed by atoms with Crippen LogP contribution in [0.15, 0.2) is 9.85 Å². The van der Waals surface area contributed by atoms with Gasteiger partial charge in [-0.1, -0.05) is 30.0 Å². The van der Waals surface area contributed by atoms with Crippen LogP contribution in [-0.4, -0.2) is 40.3 Å². The van der Waals surface area contributed by atoms with Crippen LogP contribution >= 0.6 is 23.1 Å². The molecule has 0 aliphatic carbocycles. The summed E-state index contributed by atoms with van der Waals surface area (Å²) in [5.74, 6) is 0.934. The molecule has 0 fully saturated rings. The lowest BCUT2D eigenvalue weighted by Crippen LogP contribution is -2.31. The normalized spacial score (nSPS) is 13.0. The first kappa shape index (κ1) is 11.9. The number of thioether (sulfide) groups is 1. The Balaban J connectivity index is 2.25. The Kier molecular flexibility index (Phi) is 6.09. The van der Waals surface area contributed by atoms with Crippen LogP contribution in [0.5, 0.6) is 0 Å². The van der Waals surface area contributed by atoms with Gasteiger partial charge in [0.2, 0.25) is 0 Å². The molecule has 0 bridgehead atoms. The van der Waals surface area contributed by atoms with Crippen LogP contribution in [0.1, 0.15) is 13.3 Å². The van der Waals surface area contributed by atoms with Crippen molar-refractivity contribution in [1.29, 1.82) is 0 Å². The average molecular weight is 233 g/mol. The molecule has 0 saturated heterocycles. The molecule has 1 aromatic heterocycles. The zero-order valence-electron chi connectivity index (χ0n) is 8.14. The maximum atomic E-state index is 8.85. The highest BCUT2D eigenvalue weighted by Gasteiger charge is 2.08. The Bertz CT molecular complexity index is 225. The topological polar surface area (TPSA) is 58.0 Å². The summed E-state index contributed by atoms with van der Waals surface area (Å²) in [7, 11) is 0. The van der Waals surface area contributed by atoms with Gasteiger partial charge in [0.05, 0.1) is 0 Å². The van der Waals surface area contributed by atoms with Crippen LogP contribution in [0, 0.1) is 0 Å². The largest absolute Gasteiger partial charge is 0.396 e. The van der Waals surface area contributed by atoms with E-state index in [1.165, 1.54) is 0 Å². The van der Waals surface area contributed by atoms with Crippen LogP contribution in [-0.2, 0) is 0 Å². The highest BCUT2D eigenvalue weighted by atomic mass is 32.2. The van der Waals surface area contributed by atoms with Gasteiger partial charge in [-0.2, -0.15) is 0 Å². The molecule has 0 saturated carbocycles. The summed E-state index contributed by atoms with van der Waals surface area (Å²) in [4.78, 5) is 0. The van der Waals surface area contributed by atoms with Gasteiger partial charge in [-0.05, 0) is 13.0 Å². The Hall–Kier alpha value is -0.170. The van der Waals surface area contributed by atoms with E-state index in [1.54, 1.807) is 28.6 Å². The number of hydrogen-bond acceptors (Lipinski definition) is 6. The number of rotatable bonds is 7. The van der Waals surface area contributed by atoms with Crippen molar-refractivity contribution in [2.45, 2.75) is 23.7 Å². The molecule has 1 atom stereocenters. The lowest BCUT2D eigenvalue weighted by molar-refractivity contribution is 0.271. The zero-order valence-corrected chi connectivity index (χ0v) is 9.77. The van der Waals surface area contributed by atoms with Crippen molar-refractivity contribution in [3.05, 3.63) is 5.51 Å². The molecule has 6 heteroatoms. The number of aliphatic hydroxyl groups is 1. The molecule has 1 rings (SSSR count). The van der Waals surface area contributed by atoms with Gasteiger partial charge in [-0.3, -0.25) is 0 Å². The van der Waals surface area contributed by atoms with Crippen LogP contribution in [0.4, 0.5) is 0 Å². The average Bonchev–Trinajstić information content (AvgIpc) is 2.67. The molecule has 14 heavy (non-hydrogen) atoms. The zero-order chi connectivity index (χ0) is 10.2. The van der Waals surface area contributed by atoms with Gasteiger partial charge in [0, 0.05) is 18.4 Å². The molecule has 1 unspecified atom stereocenters. The van der Waals surface area contributed by atoms with E-state index >= 15 is 0 Å². The fourth-order valence-corrected chi connectivity index (χ4v) is 2.70. The van der Waals surface area contributed by atoms with E-state index in [4.69, 9.17) is 5.11 Å². The second kappa shape index (κ2) is 7.17. The van der Waals surface area contributed by atoms with Crippen molar-refractivity contribution in [3.63, 3.8) is 0 Å². The van der Waals surface area contributed by atoms with Crippen molar-refractivity contribution in [1.82, 2.24) is 15.5 Å². The third kappa shape index (κ3) is 4.36. The fourth-order valence-electron chi connectivity index (χ4n) is 1.09. The summed E-state index contributed by atoms with van der Waals surface area (Å²) in [6.45, 7) is 3.23. The molecule has 0 aromatic carbocycles. The van der Waals surface area contributed by atoms with Gasteiger partial charge in [-0.25, -0.2) is 0 Å². The molecule has 1 heterocycles. The Labute approximate surface area is 92.1 Å². The highest BCUT2D eigenvalue weighted by Crippen LogP contribution is 2.20. The lowest BCUT2D eigenvalue weighted by Gasteiger charge is -2.14. The van der Waals surface area contributed by atoms with Gasteiger partial charge in [0.25, 0.3) is 0 Å². The first-order chi connectivity index (χ1) is 6.86. The maximum absolute atomic E-state index is 8.85. The molecule has 1 aromatic rings. The predicted octanol–water partition coefficient (Wildman–Crippen LogP) is 0.991. The smallest absolute Gasteiger partial charge is 0.174 e. The summed E-state index contributed by atoms with van der Waals surface area (Å²) in [5.41, 5.74) is 1.73. The standard InChI is InChI=1S/C8H15N3OS2/c1-2-9-7(3-4-12)5-13-8-11-10-6-14-8/h6-7,9,12H,2-5H2,1H3. The van der Waals surface area contributed by atoms with Crippen molar-refractivity contribution in [3.8, 4) is 0 Å². The summed E-state index contributed by atoms with van der Waals surface area (Å²) in [6.07, 6.45) is 0.791. The van der Waals surface area contributed by atoms with Gasteiger partial charge in [0.1, 0.15) is 5.51 Å². The SMILES string of the molecule is CCNC(CCO)CSc1nncs1. The van der Waals surface area contributed by atoms with Crippen molar-refractivity contribution in [2.24, 2.45) is 0 Å². The van der Waals surface area contributed by atoms with E-state index in [1.807, 2.05) is 0 Å². The minimum absolute atomic E-state index is 0.231. The van der Waals surface area contributed by atoms with E-state index in [0.717, 1.165) is 23.1 Å². The first-order valence-corrected chi connectivity index (χ1v) is 6.46. The molecule has 80 valence electrons. The highest BCUT2D eigenvalue weighted by molar-refractivity contribution is 8.01. The molecule has 0 spiro atoms. The molecule has 0 aliphatic heterocycles. The Morgan fingerprint density at radius 3 is 3.14 bits per heavy atom. The number of nitrogens with zero attached hydrogens (tertiary/aromatic N) is 2. The van der Waals surface area contributed by atoms with E-state index < -0.39 is 0 Å². The summed E-state index contributed by atoms with van der Waals surface area (Å²) < 4.78 is 0.992. The van der Waals surface area contributed by atoms with Gasteiger partial charge >= 0.3 is 0 Å². The lowest BCUT2D eigenvalue weighted by atomic mass is 10.2. The van der Waals surface area contributed by atoms with Crippen LogP contribution in [0.2, 0.25) is 0 Å². The van der Waals surface area contributed by atoms with Crippen LogP contribution in [0.25, 0.3) is 0 Å². The molecular weight excluding hydrogens is 218 g/mol. The third-order valence-electron chi connectivity index (χ3n) is 1.72. The van der Waals surface area contributed by atoms with Gasteiger partial charge in [0.15, 0.2) is 4.34 Å². The quantitative estimate of drug-likeness (QED) is 0.688. The van der Waals surface area contributed by atoms with E-state index in [0.29, 0.717) is 6.04 Å².